The van der Waals surface area contributed by atoms with Crippen LogP contribution in [-0.2, 0) is 6.42 Å². The van der Waals surface area contributed by atoms with Crippen LogP contribution in [0.25, 0.3) is 0 Å². The van der Waals surface area contributed by atoms with E-state index in [-0.39, 0.29) is 0 Å². The molecule has 138 valence electrons. The van der Waals surface area contributed by atoms with E-state index >= 15 is 0 Å². The summed E-state index contributed by atoms with van der Waals surface area (Å²) in [7, 11) is 0. The van der Waals surface area contributed by atoms with Crippen molar-refractivity contribution in [2.24, 2.45) is 5.92 Å². The fraction of sp³-hybridized carbons (Fsp3) is 0.318. The van der Waals surface area contributed by atoms with E-state index in [1.807, 2.05) is 12.1 Å². The average Bonchev–Trinajstić information content (AvgIpc) is 2.71. The summed E-state index contributed by atoms with van der Waals surface area (Å²) in [5.41, 5.74) is 3.64. The van der Waals surface area contributed by atoms with Gasteiger partial charge >= 0.3 is 0 Å². The van der Waals surface area contributed by atoms with Crippen LogP contribution in [-0.4, -0.2) is 28.3 Å². The molecule has 4 rings (SSSR count). The molecule has 0 atom stereocenters. The van der Waals surface area contributed by atoms with E-state index in [9.17, 15) is 0 Å². The van der Waals surface area contributed by atoms with Crippen molar-refractivity contribution in [2.75, 3.05) is 23.3 Å². The summed E-state index contributed by atoms with van der Waals surface area (Å²) >= 11 is 0. The number of anilines is 3. The second-order valence-electron chi connectivity index (χ2n) is 7.25. The Morgan fingerprint density at radius 2 is 1.74 bits per heavy atom. The molecule has 1 aromatic heterocycles. The largest absolute Gasteiger partial charge is 0.355 e. The van der Waals surface area contributed by atoms with Gasteiger partial charge in [-0.25, -0.2) is 0 Å². The van der Waals surface area contributed by atoms with Gasteiger partial charge < -0.3 is 10.2 Å². The van der Waals surface area contributed by atoms with Crippen LogP contribution in [0.3, 0.4) is 0 Å². The summed E-state index contributed by atoms with van der Waals surface area (Å²) in [4.78, 5) is 6.98. The number of hydrogen-bond donors (Lipinski definition) is 1. The van der Waals surface area contributed by atoms with Crippen LogP contribution in [0.2, 0.25) is 0 Å². The quantitative estimate of drug-likeness (QED) is 0.732. The molecule has 0 spiro atoms. The molecule has 1 fully saturated rings. The van der Waals surface area contributed by atoms with Crippen molar-refractivity contribution < 1.29 is 0 Å². The second kappa shape index (κ2) is 8.16. The number of hydrogen-bond acceptors (Lipinski definition) is 5. The van der Waals surface area contributed by atoms with E-state index in [4.69, 9.17) is 0 Å². The Balaban J connectivity index is 1.36. The molecule has 5 nitrogen and oxygen atoms in total. The number of aromatic nitrogens is 3. The van der Waals surface area contributed by atoms with Gasteiger partial charge in [-0.2, -0.15) is 10.1 Å². The Kier molecular flexibility index (Phi) is 5.28. The van der Waals surface area contributed by atoms with Crippen LogP contribution in [0.1, 0.15) is 24.0 Å². The van der Waals surface area contributed by atoms with Gasteiger partial charge in [-0.1, -0.05) is 48.0 Å². The molecule has 1 aliphatic heterocycles. The van der Waals surface area contributed by atoms with Crippen LogP contribution in [0, 0.1) is 12.8 Å². The zero-order valence-electron chi connectivity index (χ0n) is 15.7. The highest BCUT2D eigenvalue weighted by Crippen LogP contribution is 2.25. The molecule has 1 N–H and O–H groups in total. The molecule has 27 heavy (non-hydrogen) atoms. The van der Waals surface area contributed by atoms with E-state index in [0.29, 0.717) is 5.95 Å². The van der Waals surface area contributed by atoms with Crippen LogP contribution in [0.5, 0.6) is 0 Å². The highest BCUT2D eigenvalue weighted by molar-refractivity contribution is 5.54. The Hall–Kier alpha value is -2.95. The lowest BCUT2D eigenvalue weighted by molar-refractivity contribution is 0.402. The number of nitrogens with one attached hydrogen (secondary N) is 1. The third kappa shape index (κ3) is 4.61. The summed E-state index contributed by atoms with van der Waals surface area (Å²) in [6, 6.07) is 19.0. The van der Waals surface area contributed by atoms with Crippen molar-refractivity contribution in [1.82, 2.24) is 15.2 Å². The molecule has 2 heterocycles. The lowest BCUT2D eigenvalue weighted by Crippen LogP contribution is -2.35. The van der Waals surface area contributed by atoms with E-state index < -0.39 is 0 Å². The van der Waals surface area contributed by atoms with Crippen molar-refractivity contribution in [1.29, 1.82) is 0 Å². The standard InChI is InChI=1S/C22H25N5/c1-17-7-9-20(10-8-17)24-22-25-21(16-23-26-22)27-13-11-19(12-14-27)15-18-5-3-2-4-6-18/h2-10,16,19H,11-15H2,1H3,(H,24,25,26). The van der Waals surface area contributed by atoms with Gasteiger partial charge in [0, 0.05) is 18.8 Å². The van der Waals surface area contributed by atoms with E-state index in [1.54, 1.807) is 6.20 Å². The van der Waals surface area contributed by atoms with Crippen molar-refractivity contribution >= 4 is 17.5 Å². The van der Waals surface area contributed by atoms with Crippen molar-refractivity contribution in [3.05, 3.63) is 71.9 Å². The minimum atomic E-state index is 0.544. The Morgan fingerprint density at radius 1 is 1.00 bits per heavy atom. The Bertz CT molecular complexity index is 855. The topological polar surface area (TPSA) is 53.9 Å². The molecule has 1 aliphatic rings. The molecule has 0 radical (unpaired) electrons. The second-order valence-corrected chi connectivity index (χ2v) is 7.25. The molecule has 1 saturated heterocycles. The summed E-state index contributed by atoms with van der Waals surface area (Å²) < 4.78 is 0. The smallest absolute Gasteiger partial charge is 0.249 e. The fourth-order valence-corrected chi connectivity index (χ4v) is 3.58. The number of nitrogens with zero attached hydrogens (tertiary/aromatic N) is 4. The van der Waals surface area contributed by atoms with Gasteiger partial charge in [0.25, 0.3) is 0 Å². The SMILES string of the molecule is Cc1ccc(Nc2nncc(N3CCC(Cc4ccccc4)CC3)n2)cc1. The van der Waals surface area contributed by atoms with Gasteiger partial charge in [0.05, 0.1) is 6.20 Å². The monoisotopic (exact) mass is 359 g/mol. The molecular formula is C22H25N5. The Labute approximate surface area is 160 Å². The number of rotatable bonds is 5. The predicted octanol–water partition coefficient (Wildman–Crippen LogP) is 4.38. The third-order valence-corrected chi connectivity index (χ3v) is 5.16. The zero-order valence-corrected chi connectivity index (χ0v) is 15.7. The van der Waals surface area contributed by atoms with Crippen molar-refractivity contribution in [3.63, 3.8) is 0 Å². The van der Waals surface area contributed by atoms with Crippen LogP contribution in [0.15, 0.2) is 60.8 Å². The molecular weight excluding hydrogens is 334 g/mol. The lowest BCUT2D eigenvalue weighted by Gasteiger charge is -2.32. The first-order chi connectivity index (χ1) is 13.3. The first-order valence-corrected chi connectivity index (χ1v) is 9.58. The van der Waals surface area contributed by atoms with Crippen molar-refractivity contribution in [3.8, 4) is 0 Å². The van der Waals surface area contributed by atoms with Crippen LogP contribution in [0.4, 0.5) is 17.5 Å². The summed E-state index contributed by atoms with van der Waals surface area (Å²) in [5, 5.41) is 11.5. The predicted molar refractivity (Wildman–Crippen MR) is 109 cm³/mol. The van der Waals surface area contributed by atoms with Gasteiger partial charge in [-0.3, -0.25) is 0 Å². The highest BCUT2D eigenvalue weighted by atomic mass is 15.3. The van der Waals surface area contributed by atoms with Gasteiger partial charge in [-0.15, -0.1) is 5.10 Å². The van der Waals surface area contributed by atoms with Gasteiger partial charge in [0.1, 0.15) is 0 Å². The molecule has 2 aromatic carbocycles. The fourth-order valence-electron chi connectivity index (χ4n) is 3.58. The van der Waals surface area contributed by atoms with Crippen LogP contribution >= 0.6 is 0 Å². The van der Waals surface area contributed by atoms with Gasteiger partial charge in [-0.05, 0) is 49.8 Å². The molecule has 5 heteroatoms. The third-order valence-electron chi connectivity index (χ3n) is 5.16. The van der Waals surface area contributed by atoms with Gasteiger partial charge in [0.15, 0.2) is 5.82 Å². The number of piperidine rings is 1. The minimum Gasteiger partial charge on any atom is -0.355 e. The maximum Gasteiger partial charge on any atom is 0.249 e. The highest BCUT2D eigenvalue weighted by Gasteiger charge is 2.21. The minimum absolute atomic E-state index is 0.544. The normalized spacial score (nSPS) is 14.9. The molecule has 0 saturated carbocycles. The lowest BCUT2D eigenvalue weighted by atomic mass is 9.90. The first-order valence-electron chi connectivity index (χ1n) is 9.58. The van der Waals surface area contributed by atoms with E-state index in [0.717, 1.165) is 36.9 Å². The average molecular weight is 359 g/mol. The molecule has 0 bridgehead atoms. The van der Waals surface area contributed by atoms with Gasteiger partial charge in [0.2, 0.25) is 5.95 Å². The van der Waals surface area contributed by atoms with E-state index in [1.165, 1.54) is 24.0 Å². The first kappa shape index (κ1) is 17.5. The molecule has 3 aromatic rings. The number of benzene rings is 2. The summed E-state index contributed by atoms with van der Waals surface area (Å²) in [6.45, 7) is 4.10. The summed E-state index contributed by atoms with van der Waals surface area (Å²) in [6.07, 6.45) is 5.29. The zero-order chi connectivity index (χ0) is 18.5. The maximum atomic E-state index is 4.66. The molecule has 0 unspecified atom stereocenters. The molecule has 0 amide bonds. The van der Waals surface area contributed by atoms with Crippen molar-refractivity contribution in [2.45, 2.75) is 26.2 Å². The Morgan fingerprint density at radius 3 is 2.48 bits per heavy atom. The maximum absolute atomic E-state index is 4.66. The number of aryl methyl sites for hydroxylation is 1. The van der Waals surface area contributed by atoms with E-state index in [2.05, 4.69) is 74.8 Å². The van der Waals surface area contributed by atoms with Crippen LogP contribution < -0.4 is 10.2 Å². The molecule has 0 aliphatic carbocycles. The summed E-state index contributed by atoms with van der Waals surface area (Å²) in [5.74, 6) is 2.18.